The lowest BCUT2D eigenvalue weighted by Gasteiger charge is -2.45. The summed E-state index contributed by atoms with van der Waals surface area (Å²) < 4.78 is 19.8. The zero-order chi connectivity index (χ0) is 21.7. The number of likely N-dealkylation sites (tertiary alicyclic amines) is 1. The Kier molecular flexibility index (Phi) is 4.98. The largest absolute Gasteiger partial charge is 0.465 e. The zero-order valence-electron chi connectivity index (χ0n) is 16.1. The molecule has 1 fully saturated rings. The second-order valence-corrected chi connectivity index (χ2v) is 8.51. The maximum absolute atomic E-state index is 14.3. The van der Waals surface area contributed by atoms with E-state index in [1.54, 1.807) is 20.8 Å². The van der Waals surface area contributed by atoms with Gasteiger partial charge in [-0.25, -0.2) is 9.18 Å². The number of amides is 3. The van der Waals surface area contributed by atoms with E-state index in [1.807, 2.05) is 0 Å². The Labute approximate surface area is 170 Å². The van der Waals surface area contributed by atoms with E-state index in [-0.39, 0.29) is 23.5 Å². The van der Waals surface area contributed by atoms with Crippen molar-refractivity contribution in [3.05, 3.63) is 29.0 Å². The fourth-order valence-electron chi connectivity index (χ4n) is 3.94. The molecule has 10 heteroatoms. The second-order valence-electron chi connectivity index (χ2n) is 8.07. The number of hydrogen-bond acceptors (Lipinski definition) is 4. The molecule has 0 aliphatic carbocycles. The van der Waals surface area contributed by atoms with Crippen LogP contribution in [-0.2, 0) is 4.79 Å². The van der Waals surface area contributed by atoms with Crippen LogP contribution in [0.1, 0.15) is 37.7 Å². The molecule has 0 radical (unpaired) electrons. The predicted octanol–water partition coefficient (Wildman–Crippen LogP) is 3.63. The number of carboxylic acid groups (broad SMARTS) is 1. The molecule has 0 saturated carbocycles. The van der Waals surface area contributed by atoms with Gasteiger partial charge in [0.2, 0.25) is 5.76 Å². The molecule has 2 heterocycles. The van der Waals surface area contributed by atoms with Crippen LogP contribution in [0, 0.1) is 5.41 Å². The molecule has 2 aromatic rings. The summed E-state index contributed by atoms with van der Waals surface area (Å²) in [5.74, 6) is -2.02. The molecule has 0 spiro atoms. The van der Waals surface area contributed by atoms with Crippen LogP contribution < -0.4 is 11.1 Å². The highest BCUT2D eigenvalue weighted by molar-refractivity contribution is 6.31. The average molecular weight is 426 g/mol. The molecule has 1 aliphatic rings. The van der Waals surface area contributed by atoms with E-state index in [0.29, 0.717) is 10.4 Å². The van der Waals surface area contributed by atoms with E-state index < -0.39 is 41.6 Å². The molecule has 2 atom stereocenters. The Balaban J connectivity index is 2.15. The lowest BCUT2D eigenvalue weighted by molar-refractivity contribution is -0.132. The Morgan fingerprint density at radius 1 is 1.38 bits per heavy atom. The van der Waals surface area contributed by atoms with Crippen molar-refractivity contribution in [3.63, 3.8) is 0 Å². The molecular formula is C19H21ClFN3O5. The van der Waals surface area contributed by atoms with Crippen molar-refractivity contribution in [1.82, 2.24) is 4.90 Å². The van der Waals surface area contributed by atoms with Crippen molar-refractivity contribution in [1.29, 1.82) is 0 Å². The van der Waals surface area contributed by atoms with Gasteiger partial charge in [0.25, 0.3) is 11.8 Å². The first-order chi connectivity index (χ1) is 13.4. The van der Waals surface area contributed by atoms with Crippen molar-refractivity contribution in [2.75, 3.05) is 11.9 Å². The van der Waals surface area contributed by atoms with Gasteiger partial charge in [0.05, 0.1) is 6.54 Å². The molecule has 1 aromatic heterocycles. The number of anilines is 1. The van der Waals surface area contributed by atoms with Crippen LogP contribution in [0.5, 0.6) is 0 Å². The standard InChI is InChI=1S/C19H21ClFN3O5/c1-18(2,3)19(7-10(21)8-24(19)17(27)28)16(26)23-13-11-6-9(20)4-5-12(11)29-14(13)15(22)25/h4-6,10H,7-8H2,1-3H3,(H2,22,25)(H,23,26)(H,27,28)/t10-,19-/m1/s1. The molecule has 0 bridgehead atoms. The highest BCUT2D eigenvalue weighted by atomic mass is 35.5. The first-order valence-corrected chi connectivity index (χ1v) is 9.24. The van der Waals surface area contributed by atoms with Crippen LogP contribution >= 0.6 is 11.6 Å². The Hall–Kier alpha value is -2.81. The molecule has 8 nitrogen and oxygen atoms in total. The van der Waals surface area contributed by atoms with Gasteiger partial charge in [-0.2, -0.15) is 0 Å². The molecule has 3 rings (SSSR count). The summed E-state index contributed by atoms with van der Waals surface area (Å²) in [5.41, 5.74) is 2.94. The van der Waals surface area contributed by atoms with E-state index in [2.05, 4.69) is 5.32 Å². The highest BCUT2D eigenvalue weighted by Gasteiger charge is 2.60. The minimum absolute atomic E-state index is 0.0312. The fourth-order valence-corrected chi connectivity index (χ4v) is 4.11. The predicted molar refractivity (Wildman–Crippen MR) is 105 cm³/mol. The summed E-state index contributed by atoms with van der Waals surface area (Å²) in [6.07, 6.45) is -3.25. The van der Waals surface area contributed by atoms with Crippen molar-refractivity contribution in [2.45, 2.75) is 38.9 Å². The molecular weight excluding hydrogens is 405 g/mol. The third kappa shape index (κ3) is 3.29. The molecule has 1 aromatic carbocycles. The first kappa shape index (κ1) is 20.9. The van der Waals surface area contributed by atoms with Gasteiger partial charge in [0.1, 0.15) is 23.0 Å². The second kappa shape index (κ2) is 6.91. The third-order valence-electron chi connectivity index (χ3n) is 5.32. The Morgan fingerprint density at radius 2 is 2.03 bits per heavy atom. The number of rotatable bonds is 3. The topological polar surface area (TPSA) is 126 Å². The van der Waals surface area contributed by atoms with Crippen molar-refractivity contribution < 1.29 is 28.3 Å². The number of primary amides is 1. The molecule has 156 valence electrons. The summed E-state index contributed by atoms with van der Waals surface area (Å²) in [6.45, 7) is 4.53. The van der Waals surface area contributed by atoms with E-state index in [4.69, 9.17) is 21.8 Å². The number of furan rings is 1. The lowest BCUT2D eigenvalue weighted by Crippen LogP contribution is -2.62. The number of benzene rings is 1. The van der Waals surface area contributed by atoms with Crippen molar-refractivity contribution in [2.24, 2.45) is 11.1 Å². The average Bonchev–Trinajstić information content (AvgIpc) is 3.13. The fraction of sp³-hybridized carbons (Fsp3) is 0.421. The van der Waals surface area contributed by atoms with Crippen LogP contribution in [0.3, 0.4) is 0 Å². The number of carbonyl (C=O) groups excluding carboxylic acids is 2. The smallest absolute Gasteiger partial charge is 0.408 e. The highest BCUT2D eigenvalue weighted by Crippen LogP contribution is 2.46. The number of nitrogens with one attached hydrogen (secondary N) is 1. The van der Waals surface area contributed by atoms with E-state index in [9.17, 15) is 23.9 Å². The van der Waals surface area contributed by atoms with Gasteiger partial charge in [-0.1, -0.05) is 32.4 Å². The zero-order valence-corrected chi connectivity index (χ0v) is 16.8. The number of carbonyl (C=O) groups is 3. The number of alkyl halides is 1. The maximum atomic E-state index is 14.3. The molecule has 0 unspecified atom stereocenters. The summed E-state index contributed by atoms with van der Waals surface area (Å²) in [6, 6.07) is 4.53. The van der Waals surface area contributed by atoms with Crippen LogP contribution in [0.25, 0.3) is 11.0 Å². The van der Waals surface area contributed by atoms with Crippen molar-refractivity contribution >= 4 is 46.2 Å². The number of fused-ring (bicyclic) bond motifs is 1. The van der Waals surface area contributed by atoms with Crippen LogP contribution in [0.15, 0.2) is 22.6 Å². The van der Waals surface area contributed by atoms with Gasteiger partial charge in [0.15, 0.2) is 0 Å². The normalized spacial score (nSPS) is 22.1. The van der Waals surface area contributed by atoms with Gasteiger partial charge >= 0.3 is 6.09 Å². The van der Waals surface area contributed by atoms with E-state index in [1.165, 1.54) is 18.2 Å². The molecule has 1 saturated heterocycles. The van der Waals surface area contributed by atoms with Gasteiger partial charge in [-0.05, 0) is 23.6 Å². The maximum Gasteiger partial charge on any atom is 0.408 e. The minimum Gasteiger partial charge on any atom is -0.465 e. The van der Waals surface area contributed by atoms with Gasteiger partial charge < -0.3 is 20.6 Å². The summed E-state index contributed by atoms with van der Waals surface area (Å²) >= 11 is 6.02. The third-order valence-corrected chi connectivity index (χ3v) is 5.55. The van der Waals surface area contributed by atoms with Gasteiger partial charge in [0, 0.05) is 16.8 Å². The molecule has 4 N–H and O–H groups in total. The van der Waals surface area contributed by atoms with Gasteiger partial charge in [-0.15, -0.1) is 0 Å². The minimum atomic E-state index is -1.71. The number of nitrogens with zero attached hydrogens (tertiary/aromatic N) is 1. The quantitative estimate of drug-likeness (QED) is 0.692. The number of nitrogens with two attached hydrogens (primary N) is 1. The summed E-state index contributed by atoms with van der Waals surface area (Å²) in [4.78, 5) is 37.9. The number of halogens is 2. The van der Waals surface area contributed by atoms with Crippen LogP contribution in [-0.4, -0.2) is 46.2 Å². The number of hydrogen-bond donors (Lipinski definition) is 3. The molecule has 3 amide bonds. The Bertz CT molecular complexity index is 1020. The SMILES string of the molecule is CC(C)(C)[C@]1(C(=O)Nc2c(C(N)=O)oc3ccc(Cl)cc23)C[C@@H](F)CN1C(=O)O. The van der Waals surface area contributed by atoms with Crippen LogP contribution in [0.4, 0.5) is 14.9 Å². The van der Waals surface area contributed by atoms with Crippen LogP contribution in [0.2, 0.25) is 5.02 Å². The molecule has 1 aliphatic heterocycles. The van der Waals surface area contributed by atoms with E-state index >= 15 is 0 Å². The lowest BCUT2D eigenvalue weighted by atomic mass is 9.71. The Morgan fingerprint density at radius 3 is 2.59 bits per heavy atom. The summed E-state index contributed by atoms with van der Waals surface area (Å²) in [5, 5.41) is 12.8. The van der Waals surface area contributed by atoms with Crippen molar-refractivity contribution in [3.8, 4) is 0 Å². The summed E-state index contributed by atoms with van der Waals surface area (Å²) in [7, 11) is 0. The van der Waals surface area contributed by atoms with Gasteiger partial charge in [-0.3, -0.25) is 14.5 Å². The first-order valence-electron chi connectivity index (χ1n) is 8.86. The molecule has 29 heavy (non-hydrogen) atoms. The van der Waals surface area contributed by atoms with E-state index in [0.717, 1.165) is 4.90 Å². The monoisotopic (exact) mass is 425 g/mol.